The monoisotopic (exact) mass is 182 g/mol. The summed E-state index contributed by atoms with van der Waals surface area (Å²) in [6.45, 7) is 3.62. The van der Waals surface area contributed by atoms with Gasteiger partial charge in [0.05, 0.1) is 0 Å². The summed E-state index contributed by atoms with van der Waals surface area (Å²) in [4.78, 5) is 4.43. The highest BCUT2D eigenvalue weighted by Crippen LogP contribution is 2.25. The van der Waals surface area contributed by atoms with Crippen LogP contribution in [0.25, 0.3) is 0 Å². The van der Waals surface area contributed by atoms with Crippen molar-refractivity contribution in [1.82, 2.24) is 0 Å². The molecule has 0 aliphatic heterocycles. The molecule has 0 spiro atoms. The van der Waals surface area contributed by atoms with Crippen molar-refractivity contribution in [2.45, 2.75) is 45.4 Å². The Bertz CT molecular complexity index is 157. The van der Waals surface area contributed by atoms with Gasteiger partial charge in [0, 0.05) is 18.8 Å². The highest BCUT2D eigenvalue weighted by atomic mass is 14.8. The molecular formula is C11H22N2. The Balaban J connectivity index is 2.10. The Labute approximate surface area is 81.6 Å². The third-order valence-corrected chi connectivity index (χ3v) is 2.94. The van der Waals surface area contributed by atoms with Crippen molar-refractivity contribution in [2.24, 2.45) is 16.6 Å². The third kappa shape index (κ3) is 4.41. The molecule has 0 saturated heterocycles. The highest BCUT2D eigenvalue weighted by molar-refractivity contribution is 5.83. The quantitative estimate of drug-likeness (QED) is 0.666. The molecule has 0 bridgehead atoms. The molecule has 0 heterocycles. The van der Waals surface area contributed by atoms with Crippen molar-refractivity contribution in [2.75, 3.05) is 13.1 Å². The molecule has 1 saturated carbocycles. The number of nitrogens with two attached hydrogens (primary N) is 1. The van der Waals surface area contributed by atoms with E-state index in [1.807, 2.05) is 6.92 Å². The van der Waals surface area contributed by atoms with Gasteiger partial charge >= 0.3 is 0 Å². The molecule has 0 aromatic carbocycles. The highest BCUT2D eigenvalue weighted by Gasteiger charge is 2.12. The van der Waals surface area contributed by atoms with Crippen LogP contribution >= 0.6 is 0 Å². The number of rotatable bonds is 4. The van der Waals surface area contributed by atoms with Crippen molar-refractivity contribution in [3.05, 3.63) is 0 Å². The van der Waals surface area contributed by atoms with Crippen LogP contribution in [0.2, 0.25) is 0 Å². The van der Waals surface area contributed by atoms with Gasteiger partial charge in [0.15, 0.2) is 0 Å². The average molecular weight is 182 g/mol. The predicted molar refractivity (Wildman–Crippen MR) is 58.2 cm³/mol. The van der Waals surface area contributed by atoms with Crippen LogP contribution in [0, 0.1) is 5.92 Å². The zero-order valence-corrected chi connectivity index (χ0v) is 8.76. The fourth-order valence-corrected chi connectivity index (χ4v) is 1.98. The van der Waals surface area contributed by atoms with Gasteiger partial charge in [0.1, 0.15) is 0 Å². The topological polar surface area (TPSA) is 38.4 Å². The van der Waals surface area contributed by atoms with E-state index in [0.29, 0.717) is 6.54 Å². The van der Waals surface area contributed by atoms with Gasteiger partial charge in [-0.1, -0.05) is 32.1 Å². The normalized spacial score (nSPS) is 20.6. The average Bonchev–Trinajstić information content (AvgIpc) is 2.19. The third-order valence-electron chi connectivity index (χ3n) is 2.94. The van der Waals surface area contributed by atoms with Crippen LogP contribution < -0.4 is 5.73 Å². The van der Waals surface area contributed by atoms with Gasteiger partial charge in [-0.3, -0.25) is 4.99 Å². The first kappa shape index (κ1) is 10.7. The Kier molecular flexibility index (Phi) is 5.06. The van der Waals surface area contributed by atoms with Crippen molar-refractivity contribution in [1.29, 1.82) is 0 Å². The van der Waals surface area contributed by atoms with Gasteiger partial charge in [-0.25, -0.2) is 0 Å². The van der Waals surface area contributed by atoms with E-state index in [-0.39, 0.29) is 0 Å². The van der Waals surface area contributed by atoms with Gasteiger partial charge in [0.2, 0.25) is 0 Å². The van der Waals surface area contributed by atoms with Crippen molar-refractivity contribution < 1.29 is 0 Å². The summed E-state index contributed by atoms with van der Waals surface area (Å²) < 4.78 is 0. The van der Waals surface area contributed by atoms with Crippen molar-refractivity contribution in [3.8, 4) is 0 Å². The number of hydrogen-bond acceptors (Lipinski definition) is 2. The molecule has 13 heavy (non-hydrogen) atoms. The van der Waals surface area contributed by atoms with Gasteiger partial charge < -0.3 is 5.73 Å². The van der Waals surface area contributed by atoms with E-state index in [0.717, 1.165) is 18.2 Å². The zero-order chi connectivity index (χ0) is 9.52. The summed E-state index contributed by atoms with van der Waals surface area (Å²) in [5, 5.41) is 0. The smallest absolute Gasteiger partial charge is 0.0391 e. The molecule has 0 aromatic rings. The molecule has 1 aliphatic carbocycles. The summed E-state index contributed by atoms with van der Waals surface area (Å²) in [7, 11) is 0. The van der Waals surface area contributed by atoms with E-state index in [2.05, 4.69) is 4.99 Å². The van der Waals surface area contributed by atoms with Crippen LogP contribution in [0.4, 0.5) is 0 Å². The Hall–Kier alpha value is -0.370. The van der Waals surface area contributed by atoms with Crippen LogP contribution in [0.5, 0.6) is 0 Å². The maximum atomic E-state index is 5.46. The molecular weight excluding hydrogens is 160 g/mol. The first-order chi connectivity index (χ1) is 6.33. The van der Waals surface area contributed by atoms with Crippen molar-refractivity contribution >= 4 is 5.71 Å². The summed E-state index contributed by atoms with van der Waals surface area (Å²) in [5.74, 6) is 0.947. The molecule has 1 fully saturated rings. The Morgan fingerprint density at radius 1 is 1.31 bits per heavy atom. The fourth-order valence-electron chi connectivity index (χ4n) is 1.98. The van der Waals surface area contributed by atoms with Crippen LogP contribution in [0.15, 0.2) is 4.99 Å². The van der Waals surface area contributed by atoms with E-state index < -0.39 is 0 Å². The second-order valence-corrected chi connectivity index (χ2v) is 4.11. The molecule has 0 aromatic heterocycles. The van der Waals surface area contributed by atoms with Crippen LogP contribution in [-0.4, -0.2) is 18.8 Å². The van der Waals surface area contributed by atoms with Crippen LogP contribution in [-0.2, 0) is 0 Å². The minimum atomic E-state index is 0.616. The molecule has 0 radical (unpaired) electrons. The first-order valence-corrected chi connectivity index (χ1v) is 5.53. The summed E-state index contributed by atoms with van der Waals surface area (Å²) in [5.41, 5.74) is 6.55. The van der Waals surface area contributed by atoms with Gasteiger partial charge in [-0.2, -0.15) is 0 Å². The molecule has 2 nitrogen and oxygen atoms in total. The SMILES string of the molecule is CC(CN)=NCCC1CCCCC1. The van der Waals surface area contributed by atoms with E-state index in [1.165, 1.54) is 38.5 Å². The standard InChI is InChI=1S/C11H22N2/c1-10(9-12)13-8-7-11-5-3-2-4-6-11/h11H,2-9,12H2,1H3. The van der Waals surface area contributed by atoms with E-state index in [4.69, 9.17) is 5.73 Å². The maximum Gasteiger partial charge on any atom is 0.0391 e. The molecule has 76 valence electrons. The largest absolute Gasteiger partial charge is 0.326 e. The molecule has 0 amide bonds. The van der Waals surface area contributed by atoms with E-state index in [9.17, 15) is 0 Å². The zero-order valence-electron chi connectivity index (χ0n) is 8.76. The van der Waals surface area contributed by atoms with Gasteiger partial charge in [0.25, 0.3) is 0 Å². The number of hydrogen-bond donors (Lipinski definition) is 1. The maximum absolute atomic E-state index is 5.46. The molecule has 1 aliphatic rings. The van der Waals surface area contributed by atoms with Gasteiger partial charge in [-0.05, 0) is 19.3 Å². The summed E-state index contributed by atoms with van der Waals surface area (Å²) >= 11 is 0. The predicted octanol–water partition coefficient (Wildman–Crippen LogP) is 2.38. The molecule has 2 heteroatoms. The lowest BCUT2D eigenvalue weighted by atomic mass is 9.87. The van der Waals surface area contributed by atoms with E-state index in [1.54, 1.807) is 0 Å². The Morgan fingerprint density at radius 2 is 2.00 bits per heavy atom. The number of aliphatic imine (C=N–C) groups is 1. The molecule has 2 N–H and O–H groups in total. The molecule has 0 atom stereocenters. The van der Waals surface area contributed by atoms with Crippen molar-refractivity contribution in [3.63, 3.8) is 0 Å². The number of nitrogens with zero attached hydrogens (tertiary/aromatic N) is 1. The second-order valence-electron chi connectivity index (χ2n) is 4.11. The molecule has 1 rings (SSSR count). The Morgan fingerprint density at radius 3 is 2.62 bits per heavy atom. The second kappa shape index (κ2) is 6.14. The van der Waals surface area contributed by atoms with Crippen LogP contribution in [0.1, 0.15) is 45.4 Å². The lowest BCUT2D eigenvalue weighted by molar-refractivity contribution is 0.343. The minimum Gasteiger partial charge on any atom is -0.326 e. The summed E-state index contributed by atoms with van der Waals surface area (Å²) in [6.07, 6.45) is 8.45. The minimum absolute atomic E-state index is 0.616. The summed E-state index contributed by atoms with van der Waals surface area (Å²) in [6, 6.07) is 0. The first-order valence-electron chi connectivity index (χ1n) is 5.53. The van der Waals surface area contributed by atoms with Gasteiger partial charge in [-0.15, -0.1) is 0 Å². The lowest BCUT2D eigenvalue weighted by Crippen LogP contribution is -2.12. The molecule has 0 unspecified atom stereocenters. The van der Waals surface area contributed by atoms with E-state index >= 15 is 0 Å². The lowest BCUT2D eigenvalue weighted by Gasteiger charge is -2.20. The van der Waals surface area contributed by atoms with Crippen LogP contribution in [0.3, 0.4) is 0 Å². The fraction of sp³-hybridized carbons (Fsp3) is 0.909.